The van der Waals surface area contributed by atoms with E-state index >= 15 is 0 Å². The van der Waals surface area contributed by atoms with E-state index in [1.165, 1.54) is 0 Å². The van der Waals surface area contributed by atoms with Crippen LogP contribution in [0.3, 0.4) is 0 Å². The highest BCUT2D eigenvalue weighted by molar-refractivity contribution is 5.78. The normalized spacial score (nSPS) is 15.1. The van der Waals surface area contributed by atoms with Crippen molar-refractivity contribution in [2.45, 2.75) is 32.8 Å². The SMILES string of the molecule is CCC(O)CCNC(=O)C(C)CN. The van der Waals surface area contributed by atoms with Crippen molar-refractivity contribution in [3.63, 3.8) is 0 Å². The monoisotopic (exact) mass is 188 g/mol. The van der Waals surface area contributed by atoms with E-state index < -0.39 is 0 Å². The third-order valence-corrected chi connectivity index (χ3v) is 2.05. The van der Waals surface area contributed by atoms with Gasteiger partial charge in [0.05, 0.1) is 6.10 Å². The molecule has 0 aromatic heterocycles. The molecule has 0 spiro atoms. The first-order valence-corrected chi connectivity index (χ1v) is 4.77. The molecule has 0 aliphatic carbocycles. The van der Waals surface area contributed by atoms with Gasteiger partial charge in [-0.1, -0.05) is 13.8 Å². The predicted octanol–water partition coefficient (Wildman–Crippen LogP) is -0.142. The van der Waals surface area contributed by atoms with Crippen molar-refractivity contribution in [3.05, 3.63) is 0 Å². The van der Waals surface area contributed by atoms with Gasteiger partial charge in [0.25, 0.3) is 0 Å². The molecule has 0 aromatic rings. The molecule has 0 aromatic carbocycles. The van der Waals surface area contributed by atoms with Gasteiger partial charge >= 0.3 is 0 Å². The summed E-state index contributed by atoms with van der Waals surface area (Å²) in [7, 11) is 0. The molecule has 4 nitrogen and oxygen atoms in total. The van der Waals surface area contributed by atoms with Crippen LogP contribution in [0.25, 0.3) is 0 Å². The van der Waals surface area contributed by atoms with E-state index in [0.717, 1.165) is 6.42 Å². The Bertz CT molecular complexity index is 151. The van der Waals surface area contributed by atoms with Crippen LogP contribution in [0.1, 0.15) is 26.7 Å². The first-order chi connectivity index (χ1) is 6.11. The van der Waals surface area contributed by atoms with Gasteiger partial charge in [-0.2, -0.15) is 0 Å². The van der Waals surface area contributed by atoms with Gasteiger partial charge in [-0.25, -0.2) is 0 Å². The van der Waals surface area contributed by atoms with Crippen molar-refractivity contribution < 1.29 is 9.90 Å². The molecule has 2 atom stereocenters. The lowest BCUT2D eigenvalue weighted by Crippen LogP contribution is -2.34. The molecule has 0 saturated heterocycles. The van der Waals surface area contributed by atoms with Crippen molar-refractivity contribution in [3.8, 4) is 0 Å². The summed E-state index contributed by atoms with van der Waals surface area (Å²) in [5, 5.41) is 11.9. The Balaban J connectivity index is 3.47. The summed E-state index contributed by atoms with van der Waals surface area (Å²) in [5.41, 5.74) is 5.32. The van der Waals surface area contributed by atoms with E-state index in [0.29, 0.717) is 19.5 Å². The standard InChI is InChI=1S/C9H20N2O2/c1-3-8(12)4-5-11-9(13)7(2)6-10/h7-8,12H,3-6,10H2,1-2H3,(H,11,13). The maximum absolute atomic E-state index is 11.2. The molecule has 2 unspecified atom stereocenters. The number of nitrogens with two attached hydrogens (primary N) is 1. The van der Waals surface area contributed by atoms with Gasteiger partial charge in [0.15, 0.2) is 0 Å². The smallest absolute Gasteiger partial charge is 0.224 e. The quantitative estimate of drug-likeness (QED) is 0.543. The van der Waals surface area contributed by atoms with Crippen LogP contribution in [0.15, 0.2) is 0 Å². The van der Waals surface area contributed by atoms with Crippen LogP contribution in [0, 0.1) is 5.92 Å². The fraction of sp³-hybridized carbons (Fsp3) is 0.889. The van der Waals surface area contributed by atoms with E-state index in [1.54, 1.807) is 6.92 Å². The second kappa shape index (κ2) is 6.86. The fourth-order valence-electron chi connectivity index (χ4n) is 0.847. The third-order valence-electron chi connectivity index (χ3n) is 2.05. The number of rotatable bonds is 6. The molecule has 1 amide bonds. The Morgan fingerprint density at radius 2 is 2.23 bits per heavy atom. The molecule has 78 valence electrons. The minimum Gasteiger partial charge on any atom is -0.393 e. The summed E-state index contributed by atoms with van der Waals surface area (Å²) < 4.78 is 0. The average Bonchev–Trinajstić information content (AvgIpc) is 2.15. The first-order valence-electron chi connectivity index (χ1n) is 4.77. The van der Waals surface area contributed by atoms with Crippen LogP contribution in [0.4, 0.5) is 0 Å². The van der Waals surface area contributed by atoms with Gasteiger partial charge in [0.1, 0.15) is 0 Å². The van der Waals surface area contributed by atoms with Crippen molar-refractivity contribution in [2.75, 3.05) is 13.1 Å². The van der Waals surface area contributed by atoms with Gasteiger partial charge in [-0.05, 0) is 12.8 Å². The van der Waals surface area contributed by atoms with E-state index in [1.807, 2.05) is 6.92 Å². The summed E-state index contributed by atoms with van der Waals surface area (Å²) in [4.78, 5) is 11.2. The van der Waals surface area contributed by atoms with Crippen LogP contribution in [-0.4, -0.2) is 30.2 Å². The Morgan fingerprint density at radius 1 is 1.62 bits per heavy atom. The number of aliphatic hydroxyl groups is 1. The van der Waals surface area contributed by atoms with Gasteiger partial charge < -0.3 is 16.2 Å². The predicted molar refractivity (Wildman–Crippen MR) is 52.1 cm³/mol. The van der Waals surface area contributed by atoms with E-state index in [2.05, 4.69) is 5.32 Å². The summed E-state index contributed by atoms with van der Waals surface area (Å²) in [6, 6.07) is 0. The number of aliphatic hydroxyl groups excluding tert-OH is 1. The van der Waals surface area contributed by atoms with Gasteiger partial charge in [-0.15, -0.1) is 0 Å². The number of carbonyl (C=O) groups is 1. The molecular weight excluding hydrogens is 168 g/mol. The van der Waals surface area contributed by atoms with E-state index in [4.69, 9.17) is 5.73 Å². The Kier molecular flexibility index (Phi) is 6.54. The summed E-state index contributed by atoms with van der Waals surface area (Å²) in [5.74, 6) is -0.176. The zero-order valence-corrected chi connectivity index (χ0v) is 8.42. The van der Waals surface area contributed by atoms with Crippen LogP contribution < -0.4 is 11.1 Å². The molecule has 0 heterocycles. The lowest BCUT2D eigenvalue weighted by Gasteiger charge is -2.11. The second-order valence-corrected chi connectivity index (χ2v) is 3.28. The lowest BCUT2D eigenvalue weighted by molar-refractivity contribution is -0.124. The molecular formula is C9H20N2O2. The average molecular weight is 188 g/mol. The van der Waals surface area contributed by atoms with Gasteiger partial charge in [0.2, 0.25) is 5.91 Å². The zero-order valence-electron chi connectivity index (χ0n) is 8.42. The molecule has 4 heteroatoms. The molecule has 0 saturated carbocycles. The fourth-order valence-corrected chi connectivity index (χ4v) is 0.847. The minimum absolute atomic E-state index is 0.0363. The van der Waals surface area contributed by atoms with Crippen molar-refractivity contribution in [2.24, 2.45) is 11.7 Å². The van der Waals surface area contributed by atoms with Crippen LogP contribution in [-0.2, 0) is 4.79 Å². The molecule has 0 rings (SSSR count). The Morgan fingerprint density at radius 3 is 2.69 bits per heavy atom. The molecule has 0 aliphatic rings. The van der Waals surface area contributed by atoms with Gasteiger partial charge in [0, 0.05) is 19.0 Å². The van der Waals surface area contributed by atoms with Crippen LogP contribution in [0.5, 0.6) is 0 Å². The maximum atomic E-state index is 11.2. The number of amides is 1. The maximum Gasteiger partial charge on any atom is 0.224 e. The molecule has 0 aliphatic heterocycles. The van der Waals surface area contributed by atoms with Crippen molar-refractivity contribution in [1.29, 1.82) is 0 Å². The second-order valence-electron chi connectivity index (χ2n) is 3.28. The summed E-state index contributed by atoms with van der Waals surface area (Å²) in [6.07, 6.45) is 1.02. The molecule has 0 bridgehead atoms. The number of carbonyl (C=O) groups excluding carboxylic acids is 1. The van der Waals surface area contributed by atoms with Crippen LogP contribution >= 0.6 is 0 Å². The molecule has 13 heavy (non-hydrogen) atoms. The topological polar surface area (TPSA) is 75.3 Å². The van der Waals surface area contributed by atoms with Crippen LogP contribution in [0.2, 0.25) is 0 Å². The molecule has 4 N–H and O–H groups in total. The largest absolute Gasteiger partial charge is 0.393 e. The third kappa shape index (κ3) is 5.60. The van der Waals surface area contributed by atoms with Gasteiger partial charge in [-0.3, -0.25) is 4.79 Å². The highest BCUT2D eigenvalue weighted by Crippen LogP contribution is 1.95. The Labute approximate surface area is 79.5 Å². The number of hydrogen-bond donors (Lipinski definition) is 3. The first kappa shape index (κ1) is 12.4. The molecule has 0 radical (unpaired) electrons. The molecule has 0 fully saturated rings. The highest BCUT2D eigenvalue weighted by Gasteiger charge is 2.10. The highest BCUT2D eigenvalue weighted by atomic mass is 16.3. The van der Waals surface area contributed by atoms with E-state index in [-0.39, 0.29) is 17.9 Å². The number of hydrogen-bond acceptors (Lipinski definition) is 3. The minimum atomic E-state index is -0.312. The summed E-state index contributed by atoms with van der Waals surface area (Å²) >= 11 is 0. The van der Waals surface area contributed by atoms with Crippen molar-refractivity contribution >= 4 is 5.91 Å². The lowest BCUT2D eigenvalue weighted by atomic mass is 10.1. The number of nitrogens with one attached hydrogen (secondary N) is 1. The zero-order chi connectivity index (χ0) is 10.3. The summed E-state index contributed by atoms with van der Waals surface area (Å²) in [6.45, 7) is 4.58. The Hall–Kier alpha value is -0.610. The van der Waals surface area contributed by atoms with Crippen molar-refractivity contribution in [1.82, 2.24) is 5.32 Å². The van der Waals surface area contributed by atoms with E-state index in [9.17, 15) is 9.90 Å².